The smallest absolute Gasteiger partial charge is 0.120 e. The van der Waals surface area contributed by atoms with Gasteiger partial charge in [0.05, 0.1) is 11.2 Å². The first-order valence-electron chi connectivity index (χ1n) is 4.13. The quantitative estimate of drug-likeness (QED) is 0.676. The summed E-state index contributed by atoms with van der Waals surface area (Å²) in [5.41, 5.74) is 1.87. The van der Waals surface area contributed by atoms with Crippen molar-refractivity contribution in [3.63, 3.8) is 0 Å². The van der Waals surface area contributed by atoms with Crippen molar-refractivity contribution in [1.82, 2.24) is 10.3 Å². The molecule has 3 nitrogen and oxygen atoms in total. The van der Waals surface area contributed by atoms with E-state index in [1.807, 2.05) is 5.38 Å². The van der Waals surface area contributed by atoms with Gasteiger partial charge in [0.15, 0.2) is 0 Å². The van der Waals surface area contributed by atoms with E-state index in [4.69, 9.17) is 0 Å². The van der Waals surface area contributed by atoms with Gasteiger partial charge in [0, 0.05) is 11.9 Å². The van der Waals surface area contributed by atoms with Crippen LogP contribution in [0.3, 0.4) is 0 Å². The van der Waals surface area contributed by atoms with Gasteiger partial charge in [-0.25, -0.2) is 4.98 Å². The summed E-state index contributed by atoms with van der Waals surface area (Å²) in [6, 6.07) is 0. The number of aromatic nitrogens is 1. The molecule has 0 aliphatic carbocycles. The van der Waals surface area contributed by atoms with Gasteiger partial charge in [0.25, 0.3) is 0 Å². The molecule has 2 rings (SSSR count). The molecule has 1 aliphatic rings. The maximum absolute atomic E-state index is 10.1. The minimum atomic E-state index is -0.710. The number of nitrogens with zero attached hydrogens (tertiary/aromatic N) is 1. The summed E-state index contributed by atoms with van der Waals surface area (Å²) < 4.78 is 0. The first-order valence-corrected chi connectivity index (χ1v) is 5.07. The lowest BCUT2D eigenvalue weighted by molar-refractivity contribution is 0.00879. The molecule has 1 unspecified atom stereocenters. The molecule has 1 saturated heterocycles. The Morgan fingerprint density at radius 1 is 1.67 bits per heavy atom. The largest absolute Gasteiger partial charge is 0.382 e. The lowest BCUT2D eigenvalue weighted by Gasteiger charge is -2.30. The van der Waals surface area contributed by atoms with E-state index in [2.05, 4.69) is 10.3 Å². The van der Waals surface area contributed by atoms with Crippen molar-refractivity contribution in [2.45, 2.75) is 18.4 Å². The summed E-state index contributed by atoms with van der Waals surface area (Å²) in [7, 11) is 0. The number of thiazole rings is 1. The fraction of sp³-hybridized carbons (Fsp3) is 0.625. The molecule has 1 aromatic rings. The van der Waals surface area contributed by atoms with Crippen molar-refractivity contribution in [3.8, 4) is 0 Å². The van der Waals surface area contributed by atoms with Crippen LogP contribution >= 0.6 is 11.3 Å². The first kappa shape index (κ1) is 8.16. The maximum Gasteiger partial charge on any atom is 0.120 e. The number of nitrogens with one attached hydrogen (secondary N) is 1. The number of β-amino-alcohol motifs (C(OH)–C–C–N with tert-alkyl or cyclic N) is 1. The van der Waals surface area contributed by atoms with Crippen molar-refractivity contribution < 1.29 is 5.11 Å². The maximum atomic E-state index is 10.1. The van der Waals surface area contributed by atoms with Gasteiger partial charge in [-0.1, -0.05) is 0 Å². The predicted molar refractivity (Wildman–Crippen MR) is 48.1 cm³/mol. The van der Waals surface area contributed by atoms with Crippen LogP contribution in [0.5, 0.6) is 0 Å². The minimum absolute atomic E-state index is 0.636. The third kappa shape index (κ3) is 1.37. The van der Waals surface area contributed by atoms with E-state index in [1.54, 1.807) is 5.51 Å². The van der Waals surface area contributed by atoms with Gasteiger partial charge in [-0.15, -0.1) is 11.3 Å². The SMILES string of the molecule is OC1(c2cscn2)CCCNC1. The molecule has 1 atom stereocenters. The zero-order chi connectivity index (χ0) is 8.44. The van der Waals surface area contributed by atoms with Gasteiger partial charge in [-0.2, -0.15) is 0 Å². The fourth-order valence-electron chi connectivity index (χ4n) is 1.55. The van der Waals surface area contributed by atoms with Crippen LogP contribution in [0.15, 0.2) is 10.9 Å². The Bertz CT molecular complexity index is 242. The van der Waals surface area contributed by atoms with Gasteiger partial charge >= 0.3 is 0 Å². The summed E-state index contributed by atoms with van der Waals surface area (Å²) in [4.78, 5) is 4.14. The number of hydrogen-bond acceptors (Lipinski definition) is 4. The van der Waals surface area contributed by atoms with E-state index < -0.39 is 5.60 Å². The normalized spacial score (nSPS) is 30.4. The standard InChI is InChI=1S/C8H12N2OS/c11-8(2-1-3-9-5-8)7-4-12-6-10-7/h4,6,9,11H,1-3,5H2. The lowest BCUT2D eigenvalue weighted by atomic mass is 9.92. The van der Waals surface area contributed by atoms with Crippen LogP contribution in [-0.4, -0.2) is 23.2 Å². The monoisotopic (exact) mass is 184 g/mol. The molecule has 1 aliphatic heterocycles. The van der Waals surface area contributed by atoms with E-state index >= 15 is 0 Å². The minimum Gasteiger partial charge on any atom is -0.382 e. The van der Waals surface area contributed by atoms with Crippen molar-refractivity contribution in [1.29, 1.82) is 0 Å². The van der Waals surface area contributed by atoms with Gasteiger partial charge < -0.3 is 10.4 Å². The molecule has 0 bridgehead atoms. The van der Waals surface area contributed by atoms with Crippen molar-refractivity contribution in [2.24, 2.45) is 0 Å². The van der Waals surface area contributed by atoms with Gasteiger partial charge in [0.2, 0.25) is 0 Å². The third-order valence-electron chi connectivity index (χ3n) is 2.27. The number of aliphatic hydroxyl groups is 1. The highest BCUT2D eigenvalue weighted by Crippen LogP contribution is 2.27. The average molecular weight is 184 g/mol. The molecule has 0 amide bonds. The summed E-state index contributed by atoms with van der Waals surface area (Å²) in [5, 5.41) is 15.2. The highest BCUT2D eigenvalue weighted by Gasteiger charge is 2.32. The second-order valence-corrected chi connectivity index (χ2v) is 3.90. The molecular weight excluding hydrogens is 172 g/mol. The van der Waals surface area contributed by atoms with Gasteiger partial charge in [0.1, 0.15) is 5.60 Å². The summed E-state index contributed by atoms with van der Waals surface area (Å²) in [5.74, 6) is 0. The van der Waals surface area contributed by atoms with Crippen molar-refractivity contribution in [3.05, 3.63) is 16.6 Å². The Balaban J connectivity index is 2.19. The molecule has 0 radical (unpaired) electrons. The summed E-state index contributed by atoms with van der Waals surface area (Å²) in [6.45, 7) is 1.64. The second-order valence-electron chi connectivity index (χ2n) is 3.19. The van der Waals surface area contributed by atoms with Crippen LogP contribution < -0.4 is 5.32 Å². The van der Waals surface area contributed by atoms with Crippen LogP contribution in [0.2, 0.25) is 0 Å². The van der Waals surface area contributed by atoms with Crippen LogP contribution in [0.4, 0.5) is 0 Å². The van der Waals surface area contributed by atoms with E-state index in [0.717, 1.165) is 25.1 Å². The summed E-state index contributed by atoms with van der Waals surface area (Å²) in [6.07, 6.45) is 1.84. The predicted octanol–water partition coefficient (Wildman–Crippen LogP) is 0.714. The molecule has 2 N–H and O–H groups in total. The number of hydrogen-bond donors (Lipinski definition) is 2. The molecule has 1 fully saturated rings. The topological polar surface area (TPSA) is 45.2 Å². The first-order chi connectivity index (χ1) is 5.81. The van der Waals surface area contributed by atoms with Crippen LogP contribution in [-0.2, 0) is 5.60 Å². The third-order valence-corrected chi connectivity index (χ3v) is 2.86. The van der Waals surface area contributed by atoms with Crippen LogP contribution in [0, 0.1) is 0 Å². The van der Waals surface area contributed by atoms with E-state index in [-0.39, 0.29) is 0 Å². The molecule has 1 aromatic heterocycles. The molecule has 66 valence electrons. The molecular formula is C8H12N2OS. The van der Waals surface area contributed by atoms with Crippen LogP contribution in [0.1, 0.15) is 18.5 Å². The van der Waals surface area contributed by atoms with E-state index in [0.29, 0.717) is 6.54 Å². The zero-order valence-corrected chi connectivity index (χ0v) is 7.60. The van der Waals surface area contributed by atoms with E-state index in [1.165, 1.54) is 11.3 Å². The highest BCUT2D eigenvalue weighted by atomic mass is 32.1. The number of piperidine rings is 1. The molecule has 0 saturated carbocycles. The zero-order valence-electron chi connectivity index (χ0n) is 6.79. The Kier molecular flexibility index (Phi) is 2.12. The average Bonchev–Trinajstić information content (AvgIpc) is 2.58. The molecule has 0 aromatic carbocycles. The Morgan fingerprint density at radius 3 is 3.17 bits per heavy atom. The second kappa shape index (κ2) is 3.12. The van der Waals surface area contributed by atoms with E-state index in [9.17, 15) is 5.11 Å². The highest BCUT2D eigenvalue weighted by molar-refractivity contribution is 7.07. The van der Waals surface area contributed by atoms with Gasteiger partial charge in [-0.3, -0.25) is 0 Å². The Hall–Kier alpha value is -0.450. The van der Waals surface area contributed by atoms with Crippen molar-refractivity contribution >= 4 is 11.3 Å². The molecule has 0 spiro atoms. The number of rotatable bonds is 1. The fourth-order valence-corrected chi connectivity index (χ4v) is 2.19. The van der Waals surface area contributed by atoms with Gasteiger partial charge in [-0.05, 0) is 19.4 Å². The summed E-state index contributed by atoms with van der Waals surface area (Å²) >= 11 is 1.53. The molecule has 4 heteroatoms. The molecule has 2 heterocycles. The van der Waals surface area contributed by atoms with Crippen LogP contribution in [0.25, 0.3) is 0 Å². The Labute approximate surface area is 75.5 Å². The Morgan fingerprint density at radius 2 is 2.58 bits per heavy atom. The van der Waals surface area contributed by atoms with Crippen molar-refractivity contribution in [2.75, 3.05) is 13.1 Å². The molecule has 12 heavy (non-hydrogen) atoms. The lowest BCUT2D eigenvalue weighted by Crippen LogP contribution is -2.43.